The molecule has 1 atom stereocenters. The number of hydrogen-bond acceptors (Lipinski definition) is 7. The van der Waals surface area contributed by atoms with Crippen molar-refractivity contribution in [3.8, 4) is 0 Å². The molecule has 2 aliphatic rings. The molecule has 1 unspecified atom stereocenters. The molecule has 9 heteroatoms. The lowest BCUT2D eigenvalue weighted by Crippen LogP contribution is -2.35. The first kappa shape index (κ1) is 19.1. The monoisotopic (exact) mass is 377 g/mol. The summed E-state index contributed by atoms with van der Waals surface area (Å²) >= 11 is 0. The Bertz CT molecular complexity index is 711. The molecule has 1 aromatic carbocycles. The zero-order valence-electron chi connectivity index (χ0n) is 15.0. The number of carbonyl (C=O) groups excluding carboxylic acids is 2. The molecule has 0 radical (unpaired) electrons. The maximum atomic E-state index is 12.5. The molecular weight excluding hydrogens is 354 g/mol. The quantitative estimate of drug-likeness (QED) is 0.437. The van der Waals surface area contributed by atoms with E-state index in [-0.39, 0.29) is 17.4 Å². The lowest BCUT2D eigenvalue weighted by molar-refractivity contribution is -0.384. The summed E-state index contributed by atoms with van der Waals surface area (Å²) in [6.07, 6.45) is 3.87. The highest BCUT2D eigenvalue weighted by molar-refractivity contribution is 5.97. The number of nitro groups is 1. The molecule has 1 amide bonds. The van der Waals surface area contributed by atoms with E-state index in [9.17, 15) is 19.7 Å². The van der Waals surface area contributed by atoms with Crippen LogP contribution in [-0.2, 0) is 14.3 Å². The Balaban J connectivity index is 1.62. The van der Waals surface area contributed by atoms with Gasteiger partial charge in [0.05, 0.1) is 22.3 Å². The normalized spacial score (nSPS) is 19.1. The van der Waals surface area contributed by atoms with E-state index in [0.717, 1.165) is 38.8 Å². The molecule has 9 nitrogen and oxygen atoms in total. The molecule has 1 N–H and O–H groups in total. The van der Waals surface area contributed by atoms with E-state index in [0.29, 0.717) is 18.8 Å². The van der Waals surface area contributed by atoms with E-state index in [1.54, 1.807) is 6.07 Å². The summed E-state index contributed by atoms with van der Waals surface area (Å²) in [6.45, 7) is 2.20. The van der Waals surface area contributed by atoms with Crippen LogP contribution in [0.1, 0.15) is 36.0 Å². The Morgan fingerprint density at radius 1 is 1.30 bits per heavy atom. The van der Waals surface area contributed by atoms with Crippen LogP contribution in [0.25, 0.3) is 0 Å². The van der Waals surface area contributed by atoms with Crippen molar-refractivity contribution < 1.29 is 24.0 Å². The van der Waals surface area contributed by atoms with Gasteiger partial charge in [0.25, 0.3) is 11.6 Å². The fourth-order valence-electron chi connectivity index (χ4n) is 3.33. The second-order valence-corrected chi connectivity index (χ2v) is 6.67. The van der Waals surface area contributed by atoms with Gasteiger partial charge in [-0.3, -0.25) is 14.9 Å². The number of esters is 1. The topological polar surface area (TPSA) is 111 Å². The number of anilines is 1. The molecular formula is C18H23N3O6. The van der Waals surface area contributed by atoms with Crippen LogP contribution in [0.5, 0.6) is 0 Å². The van der Waals surface area contributed by atoms with E-state index in [4.69, 9.17) is 9.47 Å². The van der Waals surface area contributed by atoms with Gasteiger partial charge in [0.15, 0.2) is 6.61 Å². The second kappa shape index (κ2) is 8.81. The first-order valence-corrected chi connectivity index (χ1v) is 9.13. The first-order chi connectivity index (χ1) is 13.0. The lowest BCUT2D eigenvalue weighted by atomic mass is 10.1. The number of rotatable bonds is 7. The molecule has 2 fully saturated rings. The van der Waals surface area contributed by atoms with Crippen LogP contribution in [0.15, 0.2) is 18.2 Å². The number of nitrogens with one attached hydrogen (secondary N) is 1. The fourth-order valence-corrected chi connectivity index (χ4v) is 3.33. The minimum atomic E-state index is -0.743. The summed E-state index contributed by atoms with van der Waals surface area (Å²) in [5.41, 5.74) is 0.522. The number of carbonyl (C=O) groups is 2. The number of nitro benzene ring substituents is 1. The predicted molar refractivity (Wildman–Crippen MR) is 96.8 cm³/mol. The molecule has 0 spiro atoms. The first-order valence-electron chi connectivity index (χ1n) is 9.13. The van der Waals surface area contributed by atoms with Gasteiger partial charge in [-0.05, 0) is 31.7 Å². The van der Waals surface area contributed by atoms with Gasteiger partial charge in [-0.2, -0.15) is 0 Å². The zero-order valence-corrected chi connectivity index (χ0v) is 15.0. The highest BCUT2D eigenvalue weighted by atomic mass is 16.6. The van der Waals surface area contributed by atoms with Crippen molar-refractivity contribution in [3.05, 3.63) is 33.9 Å². The van der Waals surface area contributed by atoms with Crippen LogP contribution in [0, 0.1) is 10.1 Å². The number of hydrogen-bond donors (Lipinski definition) is 1. The number of ether oxygens (including phenoxy) is 2. The molecule has 3 rings (SSSR count). The number of benzene rings is 1. The number of amides is 1. The van der Waals surface area contributed by atoms with Crippen LogP contribution in [0.2, 0.25) is 0 Å². The Morgan fingerprint density at radius 2 is 2.07 bits per heavy atom. The van der Waals surface area contributed by atoms with Crippen molar-refractivity contribution in [1.82, 2.24) is 5.32 Å². The summed E-state index contributed by atoms with van der Waals surface area (Å²) < 4.78 is 10.5. The van der Waals surface area contributed by atoms with E-state index in [1.807, 2.05) is 4.90 Å². The standard InChI is InChI=1S/C18H23N3O6/c22-17(19-11-14-4-3-9-26-14)12-27-18(23)15-10-13(21(24)25)5-6-16(15)20-7-1-2-8-20/h5-6,10,14H,1-4,7-9,11-12H2,(H,19,22). The second-order valence-electron chi connectivity index (χ2n) is 6.67. The number of non-ortho nitro benzene ring substituents is 1. The third-order valence-electron chi connectivity index (χ3n) is 4.74. The molecule has 0 saturated carbocycles. The van der Waals surface area contributed by atoms with Crippen molar-refractivity contribution in [3.63, 3.8) is 0 Å². The Morgan fingerprint density at radius 3 is 2.74 bits per heavy atom. The summed E-state index contributed by atoms with van der Waals surface area (Å²) in [4.78, 5) is 36.9. The van der Waals surface area contributed by atoms with Gasteiger partial charge in [-0.25, -0.2) is 4.79 Å². The summed E-state index contributed by atoms with van der Waals surface area (Å²) in [6, 6.07) is 4.15. The van der Waals surface area contributed by atoms with E-state index in [1.165, 1.54) is 12.1 Å². The van der Waals surface area contributed by atoms with Gasteiger partial charge in [0.1, 0.15) is 0 Å². The smallest absolute Gasteiger partial charge is 0.341 e. The predicted octanol–water partition coefficient (Wildman–Crippen LogP) is 1.65. The Labute approximate surface area is 156 Å². The maximum absolute atomic E-state index is 12.5. The SMILES string of the molecule is O=C(COC(=O)c1cc([N+](=O)[O-])ccc1N1CCCC1)NCC1CCCO1. The third-order valence-corrected chi connectivity index (χ3v) is 4.74. The summed E-state index contributed by atoms with van der Waals surface area (Å²) in [5.74, 6) is -1.17. The Kier molecular flexibility index (Phi) is 6.23. The van der Waals surface area contributed by atoms with Crippen LogP contribution < -0.4 is 10.2 Å². The molecule has 0 aromatic heterocycles. The largest absolute Gasteiger partial charge is 0.452 e. The Hall–Kier alpha value is -2.68. The third kappa shape index (κ3) is 4.94. The van der Waals surface area contributed by atoms with E-state index >= 15 is 0 Å². The highest BCUT2D eigenvalue weighted by Gasteiger charge is 2.24. The van der Waals surface area contributed by atoms with Gasteiger partial charge in [-0.15, -0.1) is 0 Å². The van der Waals surface area contributed by atoms with Gasteiger partial charge in [0, 0.05) is 38.4 Å². The van der Waals surface area contributed by atoms with Crippen LogP contribution in [-0.4, -0.2) is 55.8 Å². The van der Waals surface area contributed by atoms with Gasteiger partial charge < -0.3 is 19.7 Å². The van der Waals surface area contributed by atoms with E-state index < -0.39 is 23.4 Å². The average Bonchev–Trinajstić information content (AvgIpc) is 3.37. The fraction of sp³-hybridized carbons (Fsp3) is 0.556. The molecule has 0 bridgehead atoms. The van der Waals surface area contributed by atoms with Gasteiger partial charge in [-0.1, -0.05) is 0 Å². The summed E-state index contributed by atoms with van der Waals surface area (Å²) in [5, 5.41) is 13.7. The molecule has 27 heavy (non-hydrogen) atoms. The molecule has 2 saturated heterocycles. The van der Waals surface area contributed by atoms with E-state index in [2.05, 4.69) is 5.32 Å². The van der Waals surface area contributed by atoms with Crippen molar-refractivity contribution >= 4 is 23.3 Å². The van der Waals surface area contributed by atoms with Crippen molar-refractivity contribution in [2.45, 2.75) is 31.8 Å². The zero-order chi connectivity index (χ0) is 19.2. The van der Waals surface area contributed by atoms with Crippen LogP contribution in [0.4, 0.5) is 11.4 Å². The minimum Gasteiger partial charge on any atom is -0.452 e. The molecule has 2 heterocycles. The maximum Gasteiger partial charge on any atom is 0.341 e. The van der Waals surface area contributed by atoms with Crippen molar-refractivity contribution in [1.29, 1.82) is 0 Å². The molecule has 2 aliphatic heterocycles. The van der Waals surface area contributed by atoms with Crippen molar-refractivity contribution in [2.75, 3.05) is 37.7 Å². The molecule has 146 valence electrons. The van der Waals surface area contributed by atoms with Crippen LogP contribution in [0.3, 0.4) is 0 Å². The molecule has 0 aliphatic carbocycles. The van der Waals surface area contributed by atoms with Gasteiger partial charge in [0.2, 0.25) is 0 Å². The average molecular weight is 377 g/mol. The highest BCUT2D eigenvalue weighted by Crippen LogP contribution is 2.28. The summed E-state index contributed by atoms with van der Waals surface area (Å²) in [7, 11) is 0. The minimum absolute atomic E-state index is 0.00296. The van der Waals surface area contributed by atoms with Crippen molar-refractivity contribution in [2.24, 2.45) is 0 Å². The van der Waals surface area contributed by atoms with Gasteiger partial charge >= 0.3 is 5.97 Å². The van der Waals surface area contributed by atoms with Crippen LogP contribution >= 0.6 is 0 Å². The lowest BCUT2D eigenvalue weighted by Gasteiger charge is -2.20. The molecule has 1 aromatic rings. The number of nitrogens with zero attached hydrogens (tertiary/aromatic N) is 2.